The van der Waals surface area contributed by atoms with Gasteiger partial charge >= 0.3 is 5.97 Å². The molecule has 1 aliphatic rings. The standard InChI is InChI=1S/C14H19NO4/c1-18-10-6-9(7-11(8-10)19-2)12-4-3-5-13(15-12)14(16)17/h6-8,12-13,15H,3-5H2,1-2H3,(H,16,17). The maximum absolute atomic E-state index is 11.1. The quantitative estimate of drug-likeness (QED) is 0.871. The molecule has 2 N–H and O–H groups in total. The summed E-state index contributed by atoms with van der Waals surface area (Å²) in [4.78, 5) is 11.1. The fourth-order valence-corrected chi connectivity index (χ4v) is 2.42. The van der Waals surface area contributed by atoms with Crippen LogP contribution in [0.3, 0.4) is 0 Å². The SMILES string of the molecule is COc1cc(OC)cc(C2CCCC(C(=O)O)N2)c1. The number of carbonyl (C=O) groups is 1. The monoisotopic (exact) mass is 265 g/mol. The molecule has 2 atom stereocenters. The summed E-state index contributed by atoms with van der Waals surface area (Å²) >= 11 is 0. The average molecular weight is 265 g/mol. The number of methoxy groups -OCH3 is 2. The molecule has 104 valence electrons. The summed E-state index contributed by atoms with van der Waals surface area (Å²) in [6.45, 7) is 0. The van der Waals surface area contributed by atoms with Crippen molar-refractivity contribution < 1.29 is 19.4 Å². The molecule has 0 aromatic heterocycles. The number of aliphatic carboxylic acids is 1. The minimum atomic E-state index is -0.792. The largest absolute Gasteiger partial charge is 0.497 e. The Morgan fingerprint density at radius 2 is 1.84 bits per heavy atom. The fraction of sp³-hybridized carbons (Fsp3) is 0.500. The summed E-state index contributed by atoms with van der Waals surface area (Å²) in [6, 6.07) is 5.20. The Balaban J connectivity index is 2.22. The van der Waals surface area contributed by atoms with E-state index in [2.05, 4.69) is 5.32 Å². The number of nitrogens with one attached hydrogen (secondary N) is 1. The van der Waals surface area contributed by atoms with E-state index < -0.39 is 12.0 Å². The van der Waals surface area contributed by atoms with E-state index in [0.717, 1.165) is 18.4 Å². The van der Waals surface area contributed by atoms with E-state index >= 15 is 0 Å². The van der Waals surface area contributed by atoms with Crippen molar-refractivity contribution in [3.63, 3.8) is 0 Å². The summed E-state index contributed by atoms with van der Waals surface area (Å²) in [6.07, 6.45) is 2.49. The van der Waals surface area contributed by atoms with Crippen molar-refractivity contribution in [1.82, 2.24) is 5.32 Å². The van der Waals surface area contributed by atoms with Gasteiger partial charge in [0.25, 0.3) is 0 Å². The summed E-state index contributed by atoms with van der Waals surface area (Å²) in [5, 5.41) is 12.3. The second-order valence-electron chi connectivity index (χ2n) is 4.69. The summed E-state index contributed by atoms with van der Waals surface area (Å²) < 4.78 is 10.5. The van der Waals surface area contributed by atoms with E-state index in [1.165, 1.54) is 0 Å². The lowest BCUT2D eigenvalue weighted by Crippen LogP contribution is -2.42. The van der Waals surface area contributed by atoms with Crippen molar-refractivity contribution in [3.05, 3.63) is 23.8 Å². The Bertz CT molecular complexity index is 439. The van der Waals surface area contributed by atoms with Gasteiger partial charge in [-0.25, -0.2) is 0 Å². The number of hydrogen-bond donors (Lipinski definition) is 2. The lowest BCUT2D eigenvalue weighted by molar-refractivity contribution is -0.140. The van der Waals surface area contributed by atoms with Gasteiger partial charge < -0.3 is 14.6 Å². The van der Waals surface area contributed by atoms with Crippen LogP contribution in [0.15, 0.2) is 18.2 Å². The molecule has 0 amide bonds. The van der Waals surface area contributed by atoms with E-state index in [4.69, 9.17) is 14.6 Å². The highest BCUT2D eigenvalue weighted by Crippen LogP contribution is 2.31. The molecule has 1 fully saturated rings. The maximum atomic E-state index is 11.1. The minimum Gasteiger partial charge on any atom is -0.497 e. The van der Waals surface area contributed by atoms with Crippen molar-refractivity contribution in [2.45, 2.75) is 31.3 Å². The van der Waals surface area contributed by atoms with Crippen LogP contribution in [0.5, 0.6) is 11.5 Å². The third-order valence-corrected chi connectivity index (χ3v) is 3.46. The molecule has 19 heavy (non-hydrogen) atoms. The zero-order valence-corrected chi connectivity index (χ0v) is 11.2. The number of carboxylic acid groups (broad SMARTS) is 1. The van der Waals surface area contributed by atoms with E-state index in [1.807, 2.05) is 12.1 Å². The van der Waals surface area contributed by atoms with Crippen LogP contribution in [0.2, 0.25) is 0 Å². The second kappa shape index (κ2) is 5.93. The molecule has 1 aromatic rings. The molecule has 1 saturated heterocycles. The Morgan fingerprint density at radius 3 is 2.37 bits per heavy atom. The molecule has 2 unspecified atom stereocenters. The first-order chi connectivity index (χ1) is 9.13. The predicted molar refractivity (Wildman–Crippen MR) is 70.7 cm³/mol. The van der Waals surface area contributed by atoms with Gasteiger partial charge in [-0.2, -0.15) is 0 Å². The van der Waals surface area contributed by atoms with E-state index in [0.29, 0.717) is 17.9 Å². The van der Waals surface area contributed by atoms with Gasteiger partial charge in [0, 0.05) is 12.1 Å². The van der Waals surface area contributed by atoms with Gasteiger partial charge in [0.15, 0.2) is 0 Å². The van der Waals surface area contributed by atoms with Crippen LogP contribution in [0, 0.1) is 0 Å². The van der Waals surface area contributed by atoms with Gasteiger partial charge in [0.2, 0.25) is 0 Å². The number of ether oxygens (including phenoxy) is 2. The van der Waals surface area contributed by atoms with Crippen LogP contribution in [0.1, 0.15) is 30.9 Å². The number of rotatable bonds is 4. The van der Waals surface area contributed by atoms with Crippen molar-refractivity contribution in [2.75, 3.05) is 14.2 Å². The molecule has 5 heteroatoms. The molecule has 1 aliphatic heterocycles. The zero-order valence-electron chi connectivity index (χ0n) is 11.2. The molecule has 1 heterocycles. The van der Waals surface area contributed by atoms with Gasteiger partial charge in [0.05, 0.1) is 14.2 Å². The first-order valence-electron chi connectivity index (χ1n) is 6.36. The number of hydrogen-bond acceptors (Lipinski definition) is 4. The van der Waals surface area contributed by atoms with Crippen molar-refractivity contribution in [2.24, 2.45) is 0 Å². The zero-order chi connectivity index (χ0) is 13.8. The lowest BCUT2D eigenvalue weighted by atomic mass is 9.93. The van der Waals surface area contributed by atoms with E-state index in [-0.39, 0.29) is 6.04 Å². The normalized spacial score (nSPS) is 22.8. The third-order valence-electron chi connectivity index (χ3n) is 3.46. The molecule has 0 saturated carbocycles. The minimum absolute atomic E-state index is 0.0267. The second-order valence-corrected chi connectivity index (χ2v) is 4.69. The van der Waals surface area contributed by atoms with E-state index in [9.17, 15) is 4.79 Å². The molecule has 2 rings (SSSR count). The van der Waals surface area contributed by atoms with Crippen molar-refractivity contribution in [1.29, 1.82) is 0 Å². The number of carboxylic acids is 1. The third kappa shape index (κ3) is 3.17. The van der Waals surface area contributed by atoms with Crippen molar-refractivity contribution >= 4 is 5.97 Å². The van der Waals surface area contributed by atoms with Gasteiger partial charge in [-0.05, 0) is 37.0 Å². The smallest absolute Gasteiger partial charge is 0.320 e. The topological polar surface area (TPSA) is 67.8 Å². The van der Waals surface area contributed by atoms with Gasteiger partial charge in [-0.3, -0.25) is 10.1 Å². The highest BCUT2D eigenvalue weighted by molar-refractivity contribution is 5.73. The molecule has 0 radical (unpaired) electrons. The van der Waals surface area contributed by atoms with Crippen molar-refractivity contribution in [3.8, 4) is 11.5 Å². The molecule has 0 spiro atoms. The van der Waals surface area contributed by atoms with Crippen LogP contribution in [-0.2, 0) is 4.79 Å². The van der Waals surface area contributed by atoms with Gasteiger partial charge in [0.1, 0.15) is 17.5 Å². The molecular weight excluding hydrogens is 246 g/mol. The Labute approximate surface area is 112 Å². The average Bonchev–Trinajstić information content (AvgIpc) is 2.46. The fourth-order valence-electron chi connectivity index (χ4n) is 2.42. The molecule has 5 nitrogen and oxygen atoms in total. The number of benzene rings is 1. The highest BCUT2D eigenvalue weighted by Gasteiger charge is 2.27. The van der Waals surface area contributed by atoms with Gasteiger partial charge in [-0.15, -0.1) is 0 Å². The summed E-state index contributed by atoms with van der Waals surface area (Å²) in [5.41, 5.74) is 1.00. The van der Waals surface area contributed by atoms with Crippen LogP contribution >= 0.6 is 0 Å². The molecule has 0 bridgehead atoms. The Hall–Kier alpha value is -1.75. The predicted octanol–water partition coefficient (Wildman–Crippen LogP) is 1.97. The highest BCUT2D eigenvalue weighted by atomic mass is 16.5. The van der Waals surface area contributed by atoms with E-state index in [1.54, 1.807) is 20.3 Å². The number of piperidine rings is 1. The van der Waals surface area contributed by atoms with Crippen LogP contribution in [-0.4, -0.2) is 31.3 Å². The maximum Gasteiger partial charge on any atom is 0.320 e. The molecular formula is C14H19NO4. The lowest BCUT2D eigenvalue weighted by Gasteiger charge is -2.29. The van der Waals surface area contributed by atoms with Crippen LogP contribution in [0.25, 0.3) is 0 Å². The van der Waals surface area contributed by atoms with Crippen LogP contribution in [0.4, 0.5) is 0 Å². The summed E-state index contributed by atoms with van der Waals surface area (Å²) in [5.74, 6) is 0.641. The van der Waals surface area contributed by atoms with Crippen LogP contribution < -0.4 is 14.8 Å². The molecule has 0 aliphatic carbocycles. The molecule has 1 aromatic carbocycles. The summed E-state index contributed by atoms with van der Waals surface area (Å²) in [7, 11) is 3.21. The van der Waals surface area contributed by atoms with Gasteiger partial charge in [-0.1, -0.05) is 0 Å². The first-order valence-corrected chi connectivity index (χ1v) is 6.36. The first kappa shape index (κ1) is 13.7. The Morgan fingerprint density at radius 1 is 1.21 bits per heavy atom. The Kier molecular flexibility index (Phi) is 4.27.